The Morgan fingerprint density at radius 2 is 1.24 bits per heavy atom. The molecule has 14 heteroatoms. The fraction of sp³-hybridized carbons (Fsp3) is 1.00. The van der Waals surface area contributed by atoms with E-state index in [9.17, 15) is 47.9 Å². The molecule has 0 aliphatic rings. The van der Waals surface area contributed by atoms with Gasteiger partial charge in [-0.3, -0.25) is 0 Å². The monoisotopic (exact) mass is 432 g/mol. The van der Waals surface area contributed by atoms with Gasteiger partial charge in [-0.1, -0.05) is 19.8 Å². The Bertz CT molecular complexity index is 556. The molecule has 0 amide bonds. The maximum Gasteiger partial charge on any atom is 0.460 e. The molecule has 0 aromatic carbocycles. The van der Waals surface area contributed by atoms with Crippen LogP contribution in [0.1, 0.15) is 26.2 Å². The molecular weight excluding hydrogens is 415 g/mol. The van der Waals surface area contributed by atoms with Crippen molar-refractivity contribution in [3.63, 3.8) is 0 Å². The highest BCUT2D eigenvalue weighted by molar-refractivity contribution is 8.32. The van der Waals surface area contributed by atoms with E-state index in [-0.39, 0.29) is 12.2 Å². The van der Waals surface area contributed by atoms with Gasteiger partial charge in [-0.2, -0.15) is 47.9 Å². The molecular formula is C11H17F9O3S2. The predicted molar refractivity (Wildman–Crippen MR) is 74.7 cm³/mol. The van der Waals surface area contributed by atoms with Crippen LogP contribution in [0.2, 0.25) is 0 Å². The summed E-state index contributed by atoms with van der Waals surface area (Å²) in [5.41, 5.74) is 0. The maximum atomic E-state index is 13.5. The number of alkyl halides is 9. The first-order valence-electron chi connectivity index (χ1n) is 6.63. The van der Waals surface area contributed by atoms with Crippen molar-refractivity contribution >= 4 is 20.4 Å². The van der Waals surface area contributed by atoms with Gasteiger partial charge in [0.25, 0.3) is 0 Å². The van der Waals surface area contributed by atoms with Gasteiger partial charge in [-0.25, -0.2) is 3.63 Å². The van der Waals surface area contributed by atoms with Crippen molar-refractivity contribution in [3.8, 4) is 0 Å². The summed E-state index contributed by atoms with van der Waals surface area (Å²) in [5.74, 6) is -14.7. The van der Waals surface area contributed by atoms with Crippen LogP contribution < -0.4 is 0 Å². The number of rotatable bonds is 9. The summed E-state index contributed by atoms with van der Waals surface area (Å²) in [4.78, 5) is 0. The van der Waals surface area contributed by atoms with Gasteiger partial charge >= 0.3 is 33.4 Å². The van der Waals surface area contributed by atoms with E-state index in [1.54, 1.807) is 6.92 Å². The summed E-state index contributed by atoms with van der Waals surface area (Å²) in [6, 6.07) is 0. The molecule has 0 bridgehead atoms. The smallest absolute Gasteiger partial charge is 0.216 e. The molecule has 0 atom stereocenters. The molecule has 0 saturated heterocycles. The molecule has 0 N–H and O–H groups in total. The summed E-state index contributed by atoms with van der Waals surface area (Å²) in [7, 11) is -9.75. The predicted octanol–water partition coefficient (Wildman–Crippen LogP) is 4.93. The lowest BCUT2D eigenvalue weighted by atomic mass is 10.1. The molecule has 154 valence electrons. The molecule has 0 aromatic rings. The van der Waals surface area contributed by atoms with Crippen LogP contribution in [-0.4, -0.2) is 50.0 Å². The number of hydrogen-bond acceptors (Lipinski definition) is 3. The zero-order chi connectivity index (χ0) is 20.5. The van der Waals surface area contributed by atoms with Crippen molar-refractivity contribution < 1.29 is 51.6 Å². The SMILES string of the molecule is CCCCCS(C)(C)OS(=O)(=O)C(F)(F)C(F)(F)C(F)(F)C(F)(F)F. The van der Waals surface area contributed by atoms with Gasteiger partial charge < -0.3 is 0 Å². The standard InChI is InChI=1S/C11H17F9O3S2/c1-4-5-6-7-24(2,3)23-25(21,22)11(19,20)9(14,15)8(12,13)10(16,17)18/h4-7H2,1-3H3. The third-order valence-electron chi connectivity index (χ3n) is 2.94. The Labute approximate surface area is 140 Å². The summed E-state index contributed by atoms with van der Waals surface area (Å²) in [6.45, 7) is 1.74. The fourth-order valence-electron chi connectivity index (χ4n) is 1.54. The van der Waals surface area contributed by atoms with E-state index in [1.165, 1.54) is 0 Å². The van der Waals surface area contributed by atoms with Gasteiger partial charge in [0.05, 0.1) is 0 Å². The normalized spacial score (nSPS) is 16.2. The minimum Gasteiger partial charge on any atom is -0.216 e. The second-order valence-electron chi connectivity index (χ2n) is 5.53. The molecule has 0 heterocycles. The van der Waals surface area contributed by atoms with E-state index in [4.69, 9.17) is 0 Å². The Balaban J connectivity index is 5.75. The van der Waals surface area contributed by atoms with E-state index in [2.05, 4.69) is 3.63 Å². The average Bonchev–Trinajstić information content (AvgIpc) is 2.35. The zero-order valence-electron chi connectivity index (χ0n) is 13.3. The maximum absolute atomic E-state index is 13.5. The third-order valence-corrected chi connectivity index (χ3v) is 7.29. The van der Waals surface area contributed by atoms with Crippen LogP contribution in [0.5, 0.6) is 0 Å². The van der Waals surface area contributed by atoms with E-state index in [0.717, 1.165) is 12.5 Å². The van der Waals surface area contributed by atoms with Gasteiger partial charge in [-0.05, 0) is 24.7 Å². The fourth-order valence-corrected chi connectivity index (χ4v) is 5.43. The van der Waals surface area contributed by atoms with Crippen LogP contribution in [0.25, 0.3) is 0 Å². The highest BCUT2D eigenvalue weighted by Crippen LogP contribution is 2.57. The van der Waals surface area contributed by atoms with Crippen molar-refractivity contribution in [2.45, 2.75) is 49.5 Å². The number of unbranched alkanes of at least 4 members (excludes halogenated alkanes) is 2. The second-order valence-corrected chi connectivity index (χ2v) is 10.8. The van der Waals surface area contributed by atoms with Gasteiger partial charge in [0.2, 0.25) is 0 Å². The van der Waals surface area contributed by atoms with Gasteiger partial charge in [-0.15, -0.1) is 10.3 Å². The van der Waals surface area contributed by atoms with Crippen LogP contribution in [0.3, 0.4) is 0 Å². The minimum atomic E-state index is -7.29. The summed E-state index contributed by atoms with van der Waals surface area (Å²) >= 11 is 0. The van der Waals surface area contributed by atoms with Crippen LogP contribution in [0, 0.1) is 0 Å². The molecule has 0 saturated carbocycles. The van der Waals surface area contributed by atoms with Crippen molar-refractivity contribution in [1.29, 1.82) is 0 Å². The third kappa shape index (κ3) is 4.87. The van der Waals surface area contributed by atoms with Crippen LogP contribution in [0.4, 0.5) is 39.5 Å². The Kier molecular flexibility index (Phi) is 7.22. The van der Waals surface area contributed by atoms with E-state index in [1.807, 2.05) is 0 Å². The van der Waals surface area contributed by atoms with Crippen LogP contribution >= 0.6 is 10.3 Å². The molecule has 0 fully saturated rings. The molecule has 0 spiro atoms. The van der Waals surface area contributed by atoms with E-state index >= 15 is 0 Å². The van der Waals surface area contributed by atoms with E-state index < -0.39 is 43.7 Å². The number of hydrogen-bond donors (Lipinski definition) is 0. The van der Waals surface area contributed by atoms with Crippen LogP contribution in [0.15, 0.2) is 0 Å². The highest BCUT2D eigenvalue weighted by Gasteiger charge is 2.86. The second kappa shape index (κ2) is 7.33. The lowest BCUT2D eigenvalue weighted by molar-refractivity contribution is -0.382. The lowest BCUT2D eigenvalue weighted by Gasteiger charge is -2.36. The van der Waals surface area contributed by atoms with Crippen molar-refractivity contribution in [2.75, 3.05) is 18.3 Å². The molecule has 3 nitrogen and oxygen atoms in total. The van der Waals surface area contributed by atoms with Gasteiger partial charge in [0.15, 0.2) is 0 Å². The topological polar surface area (TPSA) is 43.4 Å². The molecule has 0 aliphatic heterocycles. The van der Waals surface area contributed by atoms with Gasteiger partial charge in [0.1, 0.15) is 0 Å². The molecule has 0 radical (unpaired) electrons. The highest BCUT2D eigenvalue weighted by atomic mass is 32.3. The number of halogens is 9. The summed E-state index contributed by atoms with van der Waals surface area (Å²) in [6.07, 6.45) is -3.73. The van der Waals surface area contributed by atoms with E-state index in [0.29, 0.717) is 12.8 Å². The van der Waals surface area contributed by atoms with Crippen molar-refractivity contribution in [2.24, 2.45) is 0 Å². The van der Waals surface area contributed by atoms with Gasteiger partial charge in [0, 0.05) is 0 Å². The first-order chi connectivity index (χ1) is 10.8. The molecule has 0 aromatic heterocycles. The molecule has 0 unspecified atom stereocenters. The summed E-state index contributed by atoms with van der Waals surface area (Å²) in [5, 5.41) is -6.80. The zero-order valence-corrected chi connectivity index (χ0v) is 14.9. The summed E-state index contributed by atoms with van der Waals surface area (Å²) < 4.78 is 142. The van der Waals surface area contributed by atoms with Crippen molar-refractivity contribution in [1.82, 2.24) is 0 Å². The van der Waals surface area contributed by atoms with Crippen LogP contribution in [-0.2, 0) is 13.7 Å². The molecule has 0 aliphatic carbocycles. The average molecular weight is 432 g/mol. The first kappa shape index (κ1) is 24.6. The largest absolute Gasteiger partial charge is 0.460 e. The molecule has 0 rings (SSSR count). The van der Waals surface area contributed by atoms with Crippen molar-refractivity contribution in [3.05, 3.63) is 0 Å². The Hall–Kier alpha value is -0.370. The Morgan fingerprint density at radius 1 is 0.800 bits per heavy atom. The Morgan fingerprint density at radius 3 is 1.60 bits per heavy atom. The first-order valence-corrected chi connectivity index (χ1v) is 10.6. The minimum absolute atomic E-state index is 0.155. The lowest BCUT2D eigenvalue weighted by Crippen LogP contribution is -2.63. The molecule has 25 heavy (non-hydrogen) atoms. The quantitative estimate of drug-likeness (QED) is 0.384.